The zero-order valence-corrected chi connectivity index (χ0v) is 12.2. The molecular weight excluding hydrogens is 254 g/mol. The van der Waals surface area contributed by atoms with Crippen LogP contribution in [0.15, 0.2) is 78.9 Å². The molecule has 3 aromatic carbocycles. The van der Waals surface area contributed by atoms with Crippen LogP contribution in [0.2, 0.25) is 0 Å². The topological polar surface area (TPSA) is 12.0 Å². The molecule has 0 saturated heterocycles. The zero-order valence-electron chi connectivity index (χ0n) is 12.2. The Morgan fingerprint density at radius 3 is 2.33 bits per heavy atom. The van der Waals surface area contributed by atoms with Gasteiger partial charge in [-0.1, -0.05) is 66.2 Å². The molecule has 0 radical (unpaired) electrons. The molecule has 0 unspecified atom stereocenters. The Kier molecular flexibility index (Phi) is 4.02. The monoisotopic (exact) mass is 273 g/mol. The highest BCUT2D eigenvalue weighted by Crippen LogP contribution is 2.23. The van der Waals surface area contributed by atoms with Crippen molar-refractivity contribution in [2.75, 3.05) is 5.32 Å². The fourth-order valence-corrected chi connectivity index (χ4v) is 2.52. The first kappa shape index (κ1) is 13.4. The van der Waals surface area contributed by atoms with E-state index in [4.69, 9.17) is 0 Å². The van der Waals surface area contributed by atoms with Crippen molar-refractivity contribution in [2.45, 2.75) is 13.3 Å². The van der Waals surface area contributed by atoms with E-state index < -0.39 is 0 Å². The summed E-state index contributed by atoms with van der Waals surface area (Å²) in [5.41, 5.74) is 6.25. The number of anilines is 2. The van der Waals surface area contributed by atoms with Crippen molar-refractivity contribution in [1.29, 1.82) is 0 Å². The Morgan fingerprint density at radius 2 is 1.52 bits per heavy atom. The summed E-state index contributed by atoms with van der Waals surface area (Å²) in [6.45, 7) is 2.14. The summed E-state index contributed by atoms with van der Waals surface area (Å²) in [7, 11) is 0. The molecule has 21 heavy (non-hydrogen) atoms. The molecule has 0 heterocycles. The molecule has 104 valence electrons. The van der Waals surface area contributed by atoms with Crippen LogP contribution in [0, 0.1) is 6.92 Å². The fraction of sp³-hybridized carbons (Fsp3) is 0.100. The third kappa shape index (κ3) is 3.51. The van der Waals surface area contributed by atoms with Crippen LogP contribution in [0.5, 0.6) is 0 Å². The average Bonchev–Trinajstić information content (AvgIpc) is 2.50. The summed E-state index contributed by atoms with van der Waals surface area (Å²) < 4.78 is 0. The van der Waals surface area contributed by atoms with E-state index in [0.29, 0.717) is 0 Å². The van der Waals surface area contributed by atoms with Crippen molar-refractivity contribution in [3.05, 3.63) is 95.6 Å². The van der Waals surface area contributed by atoms with Crippen molar-refractivity contribution in [1.82, 2.24) is 0 Å². The summed E-state index contributed by atoms with van der Waals surface area (Å²) in [6.07, 6.45) is 0.942. The Morgan fingerprint density at radius 1 is 0.762 bits per heavy atom. The Labute approximate surface area is 126 Å². The molecule has 0 fully saturated rings. The number of hydrogen-bond donors (Lipinski definition) is 1. The Balaban J connectivity index is 1.86. The number of aryl methyl sites for hydroxylation is 1. The van der Waals surface area contributed by atoms with E-state index in [1.54, 1.807) is 0 Å². The van der Waals surface area contributed by atoms with Gasteiger partial charge in [0.2, 0.25) is 0 Å². The number of para-hydroxylation sites is 2. The van der Waals surface area contributed by atoms with Gasteiger partial charge in [-0.05, 0) is 42.7 Å². The Bertz CT molecular complexity index is 717. The minimum Gasteiger partial charge on any atom is -0.355 e. The first-order valence-corrected chi connectivity index (χ1v) is 7.27. The van der Waals surface area contributed by atoms with Gasteiger partial charge in [-0.25, -0.2) is 0 Å². The van der Waals surface area contributed by atoms with Gasteiger partial charge in [0.25, 0.3) is 0 Å². The second-order valence-corrected chi connectivity index (χ2v) is 5.31. The molecule has 0 spiro atoms. The van der Waals surface area contributed by atoms with Crippen molar-refractivity contribution >= 4 is 11.4 Å². The van der Waals surface area contributed by atoms with E-state index in [9.17, 15) is 0 Å². The van der Waals surface area contributed by atoms with Gasteiger partial charge in [0, 0.05) is 11.4 Å². The van der Waals surface area contributed by atoms with Gasteiger partial charge >= 0.3 is 0 Å². The maximum Gasteiger partial charge on any atom is 0.0420 e. The van der Waals surface area contributed by atoms with E-state index >= 15 is 0 Å². The van der Waals surface area contributed by atoms with Gasteiger partial charge in [-0.15, -0.1) is 0 Å². The molecule has 0 aromatic heterocycles. The van der Waals surface area contributed by atoms with E-state index in [0.717, 1.165) is 12.1 Å². The molecular formula is C20H19N. The fourth-order valence-electron chi connectivity index (χ4n) is 2.52. The highest BCUT2D eigenvalue weighted by molar-refractivity contribution is 5.63. The third-order valence-electron chi connectivity index (χ3n) is 3.55. The predicted molar refractivity (Wildman–Crippen MR) is 90.2 cm³/mol. The quantitative estimate of drug-likeness (QED) is 0.677. The van der Waals surface area contributed by atoms with Gasteiger partial charge in [0.05, 0.1) is 0 Å². The standard InChI is InChI=1S/C20H19N/c1-16-8-7-9-17(14-16)15-18-10-5-6-13-20(18)21-19-11-3-2-4-12-19/h2-14,21H,15H2,1H3. The predicted octanol–water partition coefficient (Wildman–Crippen LogP) is 5.33. The third-order valence-corrected chi connectivity index (χ3v) is 3.55. The lowest BCUT2D eigenvalue weighted by Gasteiger charge is -2.12. The summed E-state index contributed by atoms with van der Waals surface area (Å²) >= 11 is 0. The SMILES string of the molecule is Cc1cccc(Cc2ccccc2Nc2ccccc2)c1. The van der Waals surface area contributed by atoms with Crippen LogP contribution in [-0.4, -0.2) is 0 Å². The van der Waals surface area contributed by atoms with Crippen LogP contribution in [0.25, 0.3) is 0 Å². The van der Waals surface area contributed by atoms with Crippen molar-refractivity contribution in [3.8, 4) is 0 Å². The second-order valence-electron chi connectivity index (χ2n) is 5.31. The van der Waals surface area contributed by atoms with Gasteiger partial charge in [-0.3, -0.25) is 0 Å². The number of benzene rings is 3. The molecule has 0 aliphatic heterocycles. The van der Waals surface area contributed by atoms with E-state index in [2.05, 4.69) is 72.9 Å². The maximum atomic E-state index is 3.51. The summed E-state index contributed by atoms with van der Waals surface area (Å²) in [5, 5.41) is 3.51. The minimum atomic E-state index is 0.942. The highest BCUT2D eigenvalue weighted by atomic mass is 14.9. The molecule has 1 N–H and O–H groups in total. The largest absolute Gasteiger partial charge is 0.355 e. The smallest absolute Gasteiger partial charge is 0.0420 e. The molecule has 1 heteroatoms. The minimum absolute atomic E-state index is 0.942. The summed E-state index contributed by atoms with van der Waals surface area (Å²) in [4.78, 5) is 0. The van der Waals surface area contributed by atoms with Crippen molar-refractivity contribution in [3.63, 3.8) is 0 Å². The van der Waals surface area contributed by atoms with Crippen LogP contribution < -0.4 is 5.32 Å². The number of rotatable bonds is 4. The summed E-state index contributed by atoms with van der Waals surface area (Å²) in [6, 6.07) is 27.5. The van der Waals surface area contributed by atoms with Crippen molar-refractivity contribution in [2.24, 2.45) is 0 Å². The van der Waals surface area contributed by atoms with Gasteiger partial charge < -0.3 is 5.32 Å². The lowest BCUT2D eigenvalue weighted by atomic mass is 10.0. The molecule has 0 amide bonds. The molecule has 3 aromatic rings. The van der Waals surface area contributed by atoms with Crippen LogP contribution in [-0.2, 0) is 6.42 Å². The van der Waals surface area contributed by atoms with Crippen LogP contribution in [0.1, 0.15) is 16.7 Å². The van der Waals surface area contributed by atoms with Crippen LogP contribution in [0.3, 0.4) is 0 Å². The molecule has 0 aliphatic rings. The van der Waals surface area contributed by atoms with E-state index in [1.807, 2.05) is 18.2 Å². The maximum absolute atomic E-state index is 3.51. The first-order valence-electron chi connectivity index (χ1n) is 7.27. The second kappa shape index (κ2) is 6.27. The van der Waals surface area contributed by atoms with Crippen LogP contribution >= 0.6 is 0 Å². The van der Waals surface area contributed by atoms with Gasteiger partial charge in [0.15, 0.2) is 0 Å². The van der Waals surface area contributed by atoms with Crippen molar-refractivity contribution < 1.29 is 0 Å². The normalized spacial score (nSPS) is 10.3. The number of hydrogen-bond acceptors (Lipinski definition) is 1. The lowest BCUT2D eigenvalue weighted by molar-refractivity contribution is 1.18. The summed E-state index contributed by atoms with van der Waals surface area (Å²) in [5.74, 6) is 0. The van der Waals surface area contributed by atoms with E-state index in [-0.39, 0.29) is 0 Å². The van der Waals surface area contributed by atoms with Crippen LogP contribution in [0.4, 0.5) is 11.4 Å². The molecule has 0 saturated carbocycles. The van der Waals surface area contributed by atoms with E-state index in [1.165, 1.54) is 22.4 Å². The highest BCUT2D eigenvalue weighted by Gasteiger charge is 2.03. The molecule has 0 aliphatic carbocycles. The molecule has 3 rings (SSSR count). The molecule has 1 nitrogen and oxygen atoms in total. The van der Waals surface area contributed by atoms with Gasteiger partial charge in [0.1, 0.15) is 0 Å². The first-order chi connectivity index (χ1) is 10.3. The number of nitrogens with one attached hydrogen (secondary N) is 1. The molecule has 0 atom stereocenters. The average molecular weight is 273 g/mol. The molecule has 0 bridgehead atoms. The zero-order chi connectivity index (χ0) is 14.5. The van der Waals surface area contributed by atoms with Gasteiger partial charge in [-0.2, -0.15) is 0 Å². The lowest BCUT2D eigenvalue weighted by Crippen LogP contribution is -1.97. The Hall–Kier alpha value is -2.54.